The maximum atomic E-state index is 11.5. The van der Waals surface area contributed by atoms with Gasteiger partial charge in [0.15, 0.2) is 5.82 Å². The molecule has 0 bridgehead atoms. The fourth-order valence-corrected chi connectivity index (χ4v) is 1.37. The smallest absolute Gasteiger partial charge is 0.265 e. The van der Waals surface area contributed by atoms with Crippen molar-refractivity contribution in [3.63, 3.8) is 0 Å². The van der Waals surface area contributed by atoms with Crippen LogP contribution in [-0.4, -0.2) is 36.1 Å². The van der Waals surface area contributed by atoms with Crippen molar-refractivity contribution >= 4 is 17.4 Å². The number of carbonyl (C=O) groups is 1. The van der Waals surface area contributed by atoms with E-state index in [1.165, 1.54) is 6.20 Å². The molecule has 0 radical (unpaired) electrons. The Hall–Kier alpha value is -1.90. The third-order valence-corrected chi connectivity index (χ3v) is 2.35. The molecular formula is C6H7N7OS. The molecule has 2 aromatic rings. The minimum atomic E-state index is -0.307. The number of tetrazole rings is 1. The fourth-order valence-electron chi connectivity index (χ4n) is 0.953. The molecule has 2 rings (SSSR count). The number of aromatic amines is 1. The molecule has 1 atom stereocenters. The minimum absolute atomic E-state index is 0.248. The largest absolute Gasteiger partial charge is 0.341 e. The summed E-state index contributed by atoms with van der Waals surface area (Å²) in [5.74, 6) is 0.183. The normalized spacial score (nSPS) is 12.3. The molecule has 0 fully saturated rings. The lowest BCUT2D eigenvalue weighted by Gasteiger charge is -2.07. The van der Waals surface area contributed by atoms with Crippen LogP contribution in [0.25, 0.3) is 0 Å². The number of H-pyrrole nitrogens is 1. The number of hydrogen-bond acceptors (Lipinski definition) is 7. The Balaban J connectivity index is 2.01. The Bertz CT molecular complexity index is 424. The Labute approximate surface area is 88.3 Å². The molecule has 1 amide bonds. The summed E-state index contributed by atoms with van der Waals surface area (Å²) in [6.07, 6.45) is 1.41. The van der Waals surface area contributed by atoms with Crippen molar-refractivity contribution in [3.8, 4) is 0 Å². The van der Waals surface area contributed by atoms with Gasteiger partial charge in [0, 0.05) is 0 Å². The Morgan fingerprint density at radius 3 is 3.13 bits per heavy atom. The Kier molecular flexibility index (Phi) is 2.63. The topological polar surface area (TPSA) is 109 Å². The Morgan fingerprint density at radius 1 is 1.67 bits per heavy atom. The minimum Gasteiger partial charge on any atom is -0.341 e. The highest BCUT2D eigenvalue weighted by molar-refractivity contribution is 7.07. The van der Waals surface area contributed by atoms with Crippen LogP contribution in [0.2, 0.25) is 0 Å². The molecule has 1 unspecified atom stereocenters. The second-order valence-corrected chi connectivity index (χ2v) is 3.53. The van der Waals surface area contributed by atoms with Crippen molar-refractivity contribution in [2.24, 2.45) is 0 Å². The van der Waals surface area contributed by atoms with Crippen molar-refractivity contribution in [1.82, 2.24) is 35.5 Å². The van der Waals surface area contributed by atoms with Gasteiger partial charge in [0.1, 0.15) is 4.88 Å². The molecule has 0 aliphatic carbocycles. The fraction of sp³-hybridized carbons (Fsp3) is 0.333. The molecule has 2 heterocycles. The van der Waals surface area contributed by atoms with Crippen LogP contribution in [0.15, 0.2) is 6.20 Å². The summed E-state index contributed by atoms with van der Waals surface area (Å²) in [4.78, 5) is 12.0. The molecule has 0 saturated carbocycles. The average Bonchev–Trinajstić information content (AvgIpc) is 2.91. The summed E-state index contributed by atoms with van der Waals surface area (Å²) >= 11 is 1.03. The van der Waals surface area contributed by atoms with Gasteiger partial charge in [0.2, 0.25) is 0 Å². The van der Waals surface area contributed by atoms with Crippen molar-refractivity contribution in [3.05, 3.63) is 16.9 Å². The van der Waals surface area contributed by atoms with Crippen LogP contribution in [0, 0.1) is 0 Å². The highest BCUT2D eigenvalue weighted by atomic mass is 32.1. The first-order valence-electron chi connectivity index (χ1n) is 4.09. The number of nitrogens with zero attached hydrogens (tertiary/aromatic N) is 5. The number of hydrogen-bond donors (Lipinski definition) is 2. The third kappa shape index (κ3) is 2.13. The van der Waals surface area contributed by atoms with E-state index in [1.807, 2.05) is 0 Å². The number of rotatable bonds is 3. The zero-order chi connectivity index (χ0) is 10.7. The van der Waals surface area contributed by atoms with E-state index in [-0.39, 0.29) is 11.9 Å². The summed E-state index contributed by atoms with van der Waals surface area (Å²) in [6.45, 7) is 1.76. The zero-order valence-electron chi connectivity index (χ0n) is 7.71. The lowest BCUT2D eigenvalue weighted by Crippen LogP contribution is -2.26. The van der Waals surface area contributed by atoms with Crippen LogP contribution in [0.5, 0.6) is 0 Å². The standard InChI is InChI=1S/C6H7N7OS/c1-3(5-9-11-12-10-5)8-6(14)4-2-7-13-15-4/h2-3H,1H3,(H,8,14)(H,9,10,11,12). The summed E-state index contributed by atoms with van der Waals surface area (Å²) < 4.78 is 3.59. The van der Waals surface area contributed by atoms with Crippen molar-refractivity contribution in [2.75, 3.05) is 0 Å². The lowest BCUT2D eigenvalue weighted by molar-refractivity contribution is 0.0942. The van der Waals surface area contributed by atoms with Gasteiger partial charge >= 0.3 is 0 Å². The molecule has 8 nitrogen and oxygen atoms in total. The quantitative estimate of drug-likeness (QED) is 0.731. The number of nitrogens with one attached hydrogen (secondary N) is 2. The SMILES string of the molecule is CC(NC(=O)c1cnns1)c1nn[nH]n1. The molecule has 0 aromatic carbocycles. The maximum Gasteiger partial charge on any atom is 0.265 e. The van der Waals surface area contributed by atoms with Crippen LogP contribution in [0.1, 0.15) is 28.5 Å². The van der Waals surface area contributed by atoms with Crippen molar-refractivity contribution in [2.45, 2.75) is 13.0 Å². The average molecular weight is 225 g/mol. The van der Waals surface area contributed by atoms with Crippen LogP contribution in [0.3, 0.4) is 0 Å². The third-order valence-electron chi connectivity index (χ3n) is 1.68. The monoisotopic (exact) mass is 225 g/mol. The predicted octanol–water partition coefficient (Wildman–Crippen LogP) is -0.458. The molecule has 9 heteroatoms. The van der Waals surface area contributed by atoms with Gasteiger partial charge in [-0.15, -0.1) is 15.3 Å². The van der Waals surface area contributed by atoms with E-state index in [0.29, 0.717) is 10.7 Å². The number of carbonyl (C=O) groups excluding carboxylic acids is 1. The van der Waals surface area contributed by atoms with E-state index < -0.39 is 0 Å². The molecular weight excluding hydrogens is 218 g/mol. The maximum absolute atomic E-state index is 11.5. The van der Waals surface area contributed by atoms with Gasteiger partial charge in [-0.2, -0.15) is 5.21 Å². The van der Waals surface area contributed by atoms with Crippen LogP contribution < -0.4 is 5.32 Å². The second kappa shape index (κ2) is 4.09. The first-order chi connectivity index (χ1) is 7.27. The molecule has 15 heavy (non-hydrogen) atoms. The summed E-state index contributed by atoms with van der Waals surface area (Å²) in [5.41, 5.74) is 0. The summed E-state index contributed by atoms with van der Waals surface area (Å²) in [6, 6.07) is -0.307. The van der Waals surface area contributed by atoms with Gasteiger partial charge in [0.05, 0.1) is 12.2 Å². The van der Waals surface area contributed by atoms with Crippen molar-refractivity contribution < 1.29 is 4.79 Å². The van der Waals surface area contributed by atoms with E-state index >= 15 is 0 Å². The summed E-state index contributed by atoms with van der Waals surface area (Å²) in [5, 5.41) is 19.5. The van der Waals surface area contributed by atoms with Gasteiger partial charge in [-0.1, -0.05) is 9.70 Å². The van der Waals surface area contributed by atoms with E-state index in [2.05, 4.69) is 35.5 Å². The molecule has 0 aliphatic rings. The number of aromatic nitrogens is 6. The second-order valence-electron chi connectivity index (χ2n) is 2.75. The molecule has 78 valence electrons. The zero-order valence-corrected chi connectivity index (χ0v) is 8.52. The molecule has 0 saturated heterocycles. The first kappa shape index (κ1) is 9.65. The van der Waals surface area contributed by atoms with Gasteiger partial charge in [-0.25, -0.2) is 0 Å². The molecule has 0 spiro atoms. The van der Waals surface area contributed by atoms with E-state index in [9.17, 15) is 4.79 Å². The van der Waals surface area contributed by atoms with Gasteiger partial charge in [0.25, 0.3) is 5.91 Å². The van der Waals surface area contributed by atoms with Crippen LogP contribution in [-0.2, 0) is 0 Å². The van der Waals surface area contributed by atoms with E-state index in [4.69, 9.17) is 0 Å². The first-order valence-corrected chi connectivity index (χ1v) is 4.86. The summed E-state index contributed by atoms with van der Waals surface area (Å²) in [7, 11) is 0. The molecule has 2 N–H and O–H groups in total. The lowest BCUT2D eigenvalue weighted by atomic mass is 10.3. The van der Waals surface area contributed by atoms with Crippen LogP contribution >= 0.6 is 11.5 Å². The van der Waals surface area contributed by atoms with E-state index in [0.717, 1.165) is 11.5 Å². The van der Waals surface area contributed by atoms with Gasteiger partial charge < -0.3 is 5.32 Å². The number of amides is 1. The highest BCUT2D eigenvalue weighted by Crippen LogP contribution is 2.07. The van der Waals surface area contributed by atoms with Crippen molar-refractivity contribution in [1.29, 1.82) is 0 Å². The van der Waals surface area contributed by atoms with E-state index in [1.54, 1.807) is 6.92 Å². The molecule has 2 aromatic heterocycles. The Morgan fingerprint density at radius 2 is 2.53 bits per heavy atom. The highest BCUT2D eigenvalue weighted by Gasteiger charge is 2.15. The molecule has 0 aliphatic heterocycles. The van der Waals surface area contributed by atoms with Crippen LogP contribution in [0.4, 0.5) is 0 Å². The predicted molar refractivity (Wildman–Crippen MR) is 50.0 cm³/mol. The van der Waals surface area contributed by atoms with Gasteiger partial charge in [-0.3, -0.25) is 4.79 Å². The van der Waals surface area contributed by atoms with Gasteiger partial charge in [-0.05, 0) is 18.5 Å².